The molecule has 2 aromatic carbocycles. The maximum atomic E-state index is 13.7. The zero-order chi connectivity index (χ0) is 23.2. The van der Waals surface area contributed by atoms with Crippen LogP contribution in [-0.4, -0.2) is 28.4 Å². The van der Waals surface area contributed by atoms with Crippen LogP contribution in [0.5, 0.6) is 0 Å². The minimum atomic E-state index is -1.57. The number of carbonyl (C=O) groups excluding carboxylic acids is 2. The van der Waals surface area contributed by atoms with Crippen molar-refractivity contribution in [1.82, 2.24) is 5.32 Å². The number of carboxylic acids is 1. The number of rotatable bonds is 5. The van der Waals surface area contributed by atoms with Gasteiger partial charge in [0.15, 0.2) is 0 Å². The van der Waals surface area contributed by atoms with E-state index in [4.69, 9.17) is 5.26 Å². The third kappa shape index (κ3) is 3.19. The van der Waals surface area contributed by atoms with Gasteiger partial charge in [0.2, 0.25) is 11.8 Å². The highest BCUT2D eigenvalue weighted by Crippen LogP contribution is 2.52. The summed E-state index contributed by atoms with van der Waals surface area (Å²) in [6.45, 7) is 5.62. The van der Waals surface area contributed by atoms with E-state index in [9.17, 15) is 19.5 Å². The number of aliphatic carboxylic acids is 1. The Balaban J connectivity index is 1.87. The molecule has 4 rings (SSSR count). The van der Waals surface area contributed by atoms with Gasteiger partial charge in [-0.05, 0) is 48.6 Å². The van der Waals surface area contributed by atoms with Crippen molar-refractivity contribution >= 4 is 23.5 Å². The molecule has 164 valence electrons. The van der Waals surface area contributed by atoms with Crippen LogP contribution < -0.4 is 10.2 Å². The Hall–Kier alpha value is -3.50. The number of carbonyl (C=O) groups is 3. The summed E-state index contributed by atoms with van der Waals surface area (Å²) >= 11 is 0. The van der Waals surface area contributed by atoms with E-state index in [1.165, 1.54) is 4.90 Å². The van der Waals surface area contributed by atoms with Crippen LogP contribution in [-0.2, 0) is 14.4 Å². The van der Waals surface area contributed by atoms with E-state index in [1.807, 2.05) is 32.9 Å². The van der Waals surface area contributed by atoms with Gasteiger partial charge in [0, 0.05) is 6.04 Å². The van der Waals surface area contributed by atoms with Gasteiger partial charge < -0.3 is 5.11 Å². The number of carboxylic acid groups (broad SMARTS) is 1. The molecule has 0 saturated carbocycles. The number of anilines is 1. The number of nitrogens with zero attached hydrogens (tertiary/aromatic N) is 2. The Labute approximate surface area is 186 Å². The first kappa shape index (κ1) is 21.7. The molecule has 2 amide bonds. The molecule has 2 aromatic rings. The molecular formula is C25H25N3O4. The summed E-state index contributed by atoms with van der Waals surface area (Å²) in [7, 11) is 0. The Morgan fingerprint density at radius 1 is 1.16 bits per heavy atom. The lowest BCUT2D eigenvalue weighted by Gasteiger charge is -2.32. The number of imide groups is 1. The number of nitriles is 1. The van der Waals surface area contributed by atoms with Crippen molar-refractivity contribution in [2.45, 2.75) is 38.8 Å². The van der Waals surface area contributed by atoms with E-state index < -0.39 is 41.2 Å². The van der Waals surface area contributed by atoms with Crippen molar-refractivity contribution < 1.29 is 19.5 Å². The van der Waals surface area contributed by atoms with Crippen LogP contribution in [0.3, 0.4) is 0 Å². The number of benzene rings is 2. The molecule has 2 fully saturated rings. The van der Waals surface area contributed by atoms with Crippen molar-refractivity contribution in [3.8, 4) is 6.07 Å². The number of hydrogen-bond donors (Lipinski definition) is 2. The fourth-order valence-corrected chi connectivity index (χ4v) is 5.22. The monoisotopic (exact) mass is 431 g/mol. The lowest BCUT2D eigenvalue weighted by molar-refractivity contribution is -0.149. The van der Waals surface area contributed by atoms with E-state index >= 15 is 0 Å². The molecular weight excluding hydrogens is 406 g/mol. The van der Waals surface area contributed by atoms with Crippen LogP contribution in [0.15, 0.2) is 48.5 Å². The first-order valence-corrected chi connectivity index (χ1v) is 10.7. The third-order valence-corrected chi connectivity index (χ3v) is 6.52. The standard InChI is InChI=1S/C25H25N3O4/c1-14(2)12-25(24(31)32)20-19(21(27-25)17-10-8-16(13-26)9-11-17)22(29)28(23(20)30)18-7-5-4-6-15(18)3/h4-11,14,19-21,27H,12H2,1-3H3,(H,31,32). The molecule has 2 heterocycles. The van der Waals surface area contributed by atoms with E-state index in [2.05, 4.69) is 11.4 Å². The van der Waals surface area contributed by atoms with Gasteiger partial charge in [-0.15, -0.1) is 0 Å². The molecule has 0 aliphatic carbocycles. The molecule has 4 atom stereocenters. The fourth-order valence-electron chi connectivity index (χ4n) is 5.22. The summed E-state index contributed by atoms with van der Waals surface area (Å²) in [5.74, 6) is -3.93. The van der Waals surface area contributed by atoms with Crippen molar-refractivity contribution in [3.63, 3.8) is 0 Å². The van der Waals surface area contributed by atoms with Gasteiger partial charge in [-0.1, -0.05) is 44.2 Å². The van der Waals surface area contributed by atoms with E-state index in [0.29, 0.717) is 16.8 Å². The molecule has 2 saturated heterocycles. The quantitative estimate of drug-likeness (QED) is 0.704. The van der Waals surface area contributed by atoms with Gasteiger partial charge in [-0.3, -0.25) is 19.7 Å². The van der Waals surface area contributed by atoms with E-state index in [-0.39, 0.29) is 12.3 Å². The number of amides is 2. The first-order valence-electron chi connectivity index (χ1n) is 10.7. The van der Waals surface area contributed by atoms with Crippen LogP contribution in [0.2, 0.25) is 0 Å². The van der Waals surface area contributed by atoms with Gasteiger partial charge >= 0.3 is 5.97 Å². The molecule has 2 aliphatic rings. The van der Waals surface area contributed by atoms with Crippen LogP contribution >= 0.6 is 0 Å². The molecule has 0 bridgehead atoms. The molecule has 0 aromatic heterocycles. The lowest BCUT2D eigenvalue weighted by atomic mass is 9.75. The Morgan fingerprint density at radius 3 is 2.38 bits per heavy atom. The van der Waals surface area contributed by atoms with Gasteiger partial charge in [0.05, 0.1) is 29.2 Å². The molecule has 2 aliphatic heterocycles. The number of hydrogen-bond acceptors (Lipinski definition) is 5. The third-order valence-electron chi connectivity index (χ3n) is 6.52. The Bertz CT molecular complexity index is 1130. The minimum absolute atomic E-state index is 0.0191. The largest absolute Gasteiger partial charge is 0.480 e. The SMILES string of the molecule is Cc1ccccc1N1C(=O)C2C(c3ccc(C#N)cc3)NC(CC(C)C)(C(=O)O)C2C1=O. The fraction of sp³-hybridized carbons (Fsp3) is 0.360. The van der Waals surface area contributed by atoms with Crippen molar-refractivity contribution in [2.75, 3.05) is 4.90 Å². The van der Waals surface area contributed by atoms with E-state index in [1.54, 1.807) is 36.4 Å². The van der Waals surface area contributed by atoms with Gasteiger partial charge in [-0.25, -0.2) is 4.90 Å². The van der Waals surface area contributed by atoms with Crippen LogP contribution in [0.4, 0.5) is 5.69 Å². The van der Waals surface area contributed by atoms with Gasteiger partial charge in [-0.2, -0.15) is 5.26 Å². The highest BCUT2D eigenvalue weighted by atomic mass is 16.4. The molecule has 7 heteroatoms. The predicted molar refractivity (Wildman–Crippen MR) is 118 cm³/mol. The number of nitrogens with one attached hydrogen (secondary N) is 1. The normalized spacial score (nSPS) is 27.0. The summed E-state index contributed by atoms with van der Waals surface area (Å²) in [5.41, 5.74) is 0.826. The maximum absolute atomic E-state index is 13.7. The Morgan fingerprint density at radius 2 is 1.81 bits per heavy atom. The molecule has 2 N–H and O–H groups in total. The highest BCUT2D eigenvalue weighted by Gasteiger charge is 2.68. The van der Waals surface area contributed by atoms with Gasteiger partial charge in [0.1, 0.15) is 5.54 Å². The zero-order valence-corrected chi connectivity index (χ0v) is 18.2. The summed E-state index contributed by atoms with van der Waals surface area (Å²) < 4.78 is 0. The van der Waals surface area contributed by atoms with Crippen LogP contribution in [0.1, 0.15) is 43.0 Å². The Kier molecular flexibility index (Phi) is 5.35. The summed E-state index contributed by atoms with van der Waals surface area (Å²) in [5, 5.41) is 22.6. The van der Waals surface area contributed by atoms with Crippen molar-refractivity contribution in [3.05, 3.63) is 65.2 Å². The molecule has 7 nitrogen and oxygen atoms in total. The first-order chi connectivity index (χ1) is 15.2. The second-order valence-corrected chi connectivity index (χ2v) is 9.03. The van der Waals surface area contributed by atoms with Crippen molar-refractivity contribution in [1.29, 1.82) is 5.26 Å². The maximum Gasteiger partial charge on any atom is 0.324 e. The topological polar surface area (TPSA) is 110 Å². The highest BCUT2D eigenvalue weighted by molar-refractivity contribution is 6.24. The summed E-state index contributed by atoms with van der Waals surface area (Å²) in [6.07, 6.45) is 0.205. The number of aryl methyl sites for hydroxylation is 1. The molecule has 0 spiro atoms. The molecule has 4 unspecified atom stereocenters. The predicted octanol–water partition coefficient (Wildman–Crippen LogP) is 3.19. The smallest absolute Gasteiger partial charge is 0.324 e. The second kappa shape index (κ2) is 7.88. The molecule has 0 radical (unpaired) electrons. The second-order valence-electron chi connectivity index (χ2n) is 9.03. The zero-order valence-electron chi connectivity index (χ0n) is 18.2. The van der Waals surface area contributed by atoms with Crippen LogP contribution in [0.25, 0.3) is 0 Å². The average molecular weight is 431 g/mol. The van der Waals surface area contributed by atoms with E-state index in [0.717, 1.165) is 5.56 Å². The minimum Gasteiger partial charge on any atom is -0.480 e. The summed E-state index contributed by atoms with van der Waals surface area (Å²) in [6, 6.07) is 15.2. The average Bonchev–Trinajstić information content (AvgIpc) is 3.23. The number of para-hydroxylation sites is 1. The van der Waals surface area contributed by atoms with Crippen LogP contribution in [0, 0.1) is 36.0 Å². The van der Waals surface area contributed by atoms with Crippen molar-refractivity contribution in [2.24, 2.45) is 17.8 Å². The summed E-state index contributed by atoms with van der Waals surface area (Å²) in [4.78, 5) is 41.2. The lowest BCUT2D eigenvalue weighted by Crippen LogP contribution is -2.56. The molecule has 32 heavy (non-hydrogen) atoms. The number of fused-ring (bicyclic) bond motifs is 1. The van der Waals surface area contributed by atoms with Gasteiger partial charge in [0.25, 0.3) is 0 Å².